The Morgan fingerprint density at radius 3 is 2.03 bits per heavy atom. The van der Waals surface area contributed by atoms with E-state index in [-0.39, 0.29) is 12.1 Å². The molecule has 0 saturated carbocycles. The second kappa shape index (κ2) is 9.25. The van der Waals surface area contributed by atoms with Gasteiger partial charge in [0.15, 0.2) is 0 Å². The van der Waals surface area contributed by atoms with Gasteiger partial charge in [-0.2, -0.15) is 0 Å². The van der Waals surface area contributed by atoms with Crippen LogP contribution in [0.15, 0.2) is 96.8 Å². The molecule has 3 heteroatoms. The second-order valence-corrected chi connectivity index (χ2v) is 13.9. The summed E-state index contributed by atoms with van der Waals surface area (Å²) in [7, 11) is -1.70. The molecule has 0 bridgehead atoms. The van der Waals surface area contributed by atoms with Gasteiger partial charge in [0.2, 0.25) is 8.32 Å². The molecule has 1 aliphatic rings. The largest absolute Gasteiger partial charge is 0.547 e. The second-order valence-electron chi connectivity index (χ2n) is 9.49. The van der Waals surface area contributed by atoms with E-state index in [1.54, 1.807) is 0 Å². The molecular weight excluding hydrogens is 394 g/mol. The lowest BCUT2D eigenvalue weighted by atomic mass is 9.90. The normalized spacial score (nSPS) is 19.7. The van der Waals surface area contributed by atoms with Gasteiger partial charge in [-0.05, 0) is 49.3 Å². The number of aryl methyl sites for hydroxylation is 1. The first kappa shape index (κ1) is 21.6. The summed E-state index contributed by atoms with van der Waals surface area (Å²) in [6, 6.07) is 31.1. The molecule has 4 rings (SSSR count). The van der Waals surface area contributed by atoms with Crippen molar-refractivity contribution in [3.05, 3.63) is 119 Å². The summed E-state index contributed by atoms with van der Waals surface area (Å²) in [6.45, 7) is 9.85. The predicted molar refractivity (Wildman–Crippen MR) is 132 cm³/mol. The van der Waals surface area contributed by atoms with Gasteiger partial charge in [0.25, 0.3) is 0 Å². The van der Waals surface area contributed by atoms with E-state index in [1.165, 1.54) is 22.3 Å². The minimum atomic E-state index is -1.70. The van der Waals surface area contributed by atoms with E-state index in [9.17, 15) is 0 Å². The highest BCUT2D eigenvalue weighted by atomic mass is 28.4. The molecule has 0 unspecified atom stereocenters. The van der Waals surface area contributed by atoms with Gasteiger partial charge in [-0.3, -0.25) is 4.90 Å². The Kier molecular flexibility index (Phi) is 6.45. The van der Waals surface area contributed by atoms with Crippen LogP contribution in [0.3, 0.4) is 0 Å². The zero-order chi connectivity index (χ0) is 21.8. The third kappa shape index (κ3) is 5.55. The maximum absolute atomic E-state index is 6.58. The number of hydrogen-bond donors (Lipinski definition) is 0. The molecule has 160 valence electrons. The molecule has 2 nitrogen and oxygen atoms in total. The van der Waals surface area contributed by atoms with E-state index in [2.05, 4.69) is 122 Å². The Balaban J connectivity index is 1.79. The van der Waals surface area contributed by atoms with Crippen LogP contribution in [0.2, 0.25) is 19.6 Å². The lowest BCUT2D eigenvalue weighted by Crippen LogP contribution is -2.37. The van der Waals surface area contributed by atoms with Gasteiger partial charge in [0.05, 0.1) is 11.8 Å². The number of benzene rings is 3. The molecule has 0 radical (unpaired) electrons. The lowest BCUT2D eigenvalue weighted by molar-refractivity contribution is 0.119. The van der Waals surface area contributed by atoms with Crippen molar-refractivity contribution in [2.45, 2.75) is 51.6 Å². The maximum Gasteiger partial charge on any atom is 0.241 e. The molecule has 31 heavy (non-hydrogen) atoms. The Morgan fingerprint density at radius 1 is 0.806 bits per heavy atom. The molecule has 0 aliphatic carbocycles. The molecule has 1 aliphatic heterocycles. The fraction of sp³-hybridized carbons (Fsp3) is 0.286. The first-order chi connectivity index (χ1) is 14.9. The van der Waals surface area contributed by atoms with Gasteiger partial charge >= 0.3 is 0 Å². The summed E-state index contributed by atoms with van der Waals surface area (Å²) in [4.78, 5) is 2.63. The molecule has 3 aromatic rings. The monoisotopic (exact) mass is 427 g/mol. The van der Waals surface area contributed by atoms with E-state index in [1.807, 2.05) is 0 Å². The number of rotatable bonds is 6. The summed E-state index contributed by atoms with van der Waals surface area (Å²) in [5, 5.41) is 0. The smallest absolute Gasteiger partial charge is 0.241 e. The average molecular weight is 428 g/mol. The van der Waals surface area contributed by atoms with Crippen LogP contribution >= 0.6 is 0 Å². The minimum absolute atomic E-state index is 0.174. The summed E-state index contributed by atoms with van der Waals surface area (Å²) in [5.41, 5.74) is 5.30. The standard InChI is InChI=1S/C28H33NOSi/c1-22-15-17-25(18-16-22)28-20-26(30-31(2,3)4)19-27(24-13-9-6-10-14-24)29(28)21-23-11-7-5-8-12-23/h5-19,27-28H,20-21H2,1-4H3/t27-,28+/m0/s1. The maximum atomic E-state index is 6.58. The summed E-state index contributed by atoms with van der Waals surface area (Å²) >= 11 is 0. The zero-order valence-electron chi connectivity index (χ0n) is 19.1. The van der Waals surface area contributed by atoms with Crippen molar-refractivity contribution in [2.24, 2.45) is 0 Å². The van der Waals surface area contributed by atoms with E-state index in [0.29, 0.717) is 0 Å². The van der Waals surface area contributed by atoms with E-state index in [0.717, 1.165) is 18.7 Å². The Labute approximate surface area is 188 Å². The molecule has 0 saturated heterocycles. The molecule has 0 spiro atoms. The molecular formula is C28H33NOSi. The van der Waals surface area contributed by atoms with Gasteiger partial charge in [-0.15, -0.1) is 0 Å². The van der Waals surface area contributed by atoms with Crippen molar-refractivity contribution in [1.29, 1.82) is 0 Å². The highest BCUT2D eigenvalue weighted by Crippen LogP contribution is 2.42. The van der Waals surface area contributed by atoms with Crippen molar-refractivity contribution >= 4 is 8.32 Å². The van der Waals surface area contributed by atoms with Gasteiger partial charge in [-0.1, -0.05) is 90.5 Å². The van der Waals surface area contributed by atoms with E-state index < -0.39 is 8.32 Å². The summed E-state index contributed by atoms with van der Waals surface area (Å²) < 4.78 is 6.58. The molecule has 1 heterocycles. The van der Waals surface area contributed by atoms with E-state index >= 15 is 0 Å². The molecule has 3 aromatic carbocycles. The molecule has 0 N–H and O–H groups in total. The Hall–Kier alpha value is -2.62. The first-order valence-corrected chi connectivity index (χ1v) is 14.6. The third-order valence-electron chi connectivity index (χ3n) is 5.74. The lowest BCUT2D eigenvalue weighted by Gasteiger charge is -2.42. The number of hydrogen-bond acceptors (Lipinski definition) is 2. The van der Waals surface area contributed by atoms with Crippen LogP contribution < -0.4 is 0 Å². The summed E-state index contributed by atoms with van der Waals surface area (Å²) in [5.74, 6) is 1.14. The number of nitrogens with zero attached hydrogens (tertiary/aromatic N) is 1. The first-order valence-electron chi connectivity index (χ1n) is 11.2. The predicted octanol–water partition coefficient (Wildman–Crippen LogP) is 7.42. The highest BCUT2D eigenvalue weighted by Gasteiger charge is 2.34. The molecule has 0 fully saturated rings. The van der Waals surface area contributed by atoms with Crippen LogP contribution in [-0.4, -0.2) is 13.2 Å². The Bertz CT molecular complexity index is 1010. The van der Waals surface area contributed by atoms with Crippen molar-refractivity contribution in [1.82, 2.24) is 4.90 Å². The topological polar surface area (TPSA) is 12.5 Å². The fourth-order valence-electron chi connectivity index (χ4n) is 4.35. The van der Waals surface area contributed by atoms with Crippen LogP contribution in [0.4, 0.5) is 0 Å². The van der Waals surface area contributed by atoms with Gasteiger partial charge in [0.1, 0.15) is 0 Å². The molecule has 2 atom stereocenters. The van der Waals surface area contributed by atoms with Gasteiger partial charge in [0, 0.05) is 19.0 Å². The van der Waals surface area contributed by atoms with Crippen LogP contribution in [-0.2, 0) is 11.0 Å². The molecule has 0 aromatic heterocycles. The van der Waals surface area contributed by atoms with Gasteiger partial charge < -0.3 is 4.43 Å². The van der Waals surface area contributed by atoms with Crippen molar-refractivity contribution < 1.29 is 4.43 Å². The quantitative estimate of drug-likeness (QED) is 0.380. The van der Waals surface area contributed by atoms with Crippen LogP contribution in [0.25, 0.3) is 0 Å². The van der Waals surface area contributed by atoms with Crippen LogP contribution in [0.5, 0.6) is 0 Å². The van der Waals surface area contributed by atoms with Crippen molar-refractivity contribution in [3.63, 3.8) is 0 Å². The third-order valence-corrected chi connectivity index (χ3v) is 6.62. The van der Waals surface area contributed by atoms with Crippen molar-refractivity contribution in [3.8, 4) is 0 Å². The average Bonchev–Trinajstić information content (AvgIpc) is 2.75. The zero-order valence-corrected chi connectivity index (χ0v) is 20.1. The van der Waals surface area contributed by atoms with Crippen molar-refractivity contribution in [2.75, 3.05) is 0 Å². The SMILES string of the molecule is Cc1ccc([C@H]2CC(O[Si](C)(C)C)=C[C@@H](c3ccccc3)N2Cc2ccccc2)cc1. The minimum Gasteiger partial charge on any atom is -0.547 e. The summed E-state index contributed by atoms with van der Waals surface area (Å²) in [6.07, 6.45) is 3.27. The van der Waals surface area contributed by atoms with E-state index in [4.69, 9.17) is 4.43 Å². The van der Waals surface area contributed by atoms with Crippen LogP contribution in [0, 0.1) is 6.92 Å². The fourth-order valence-corrected chi connectivity index (χ4v) is 5.29. The van der Waals surface area contributed by atoms with Crippen LogP contribution in [0.1, 0.15) is 40.8 Å². The molecule has 0 amide bonds. The Morgan fingerprint density at radius 2 is 1.42 bits per heavy atom. The highest BCUT2D eigenvalue weighted by molar-refractivity contribution is 6.70. The van der Waals surface area contributed by atoms with Gasteiger partial charge in [-0.25, -0.2) is 0 Å².